The molecule has 1 aliphatic rings. The summed E-state index contributed by atoms with van der Waals surface area (Å²) in [6, 6.07) is 17.4. The highest BCUT2D eigenvalue weighted by Crippen LogP contribution is 2.40. The van der Waals surface area contributed by atoms with Crippen molar-refractivity contribution in [2.24, 2.45) is 0 Å². The molecule has 3 aromatic heterocycles. The average Bonchev–Trinajstić information content (AvgIpc) is 3.62. The largest absolute Gasteiger partial charge is 0.305 e. The van der Waals surface area contributed by atoms with Crippen LogP contribution < -0.4 is 0 Å². The van der Waals surface area contributed by atoms with E-state index in [1.807, 2.05) is 18.2 Å². The molecule has 0 fully saturated rings. The topological polar surface area (TPSA) is 85.2 Å². The lowest BCUT2D eigenvalue weighted by Gasteiger charge is -2.18. The third-order valence-electron chi connectivity index (χ3n) is 6.97. The van der Waals surface area contributed by atoms with Crippen molar-refractivity contribution in [1.82, 2.24) is 35.2 Å². The van der Waals surface area contributed by atoms with Crippen molar-refractivity contribution in [3.05, 3.63) is 89.4 Å². The molecule has 0 bridgehead atoms. The highest BCUT2D eigenvalue weighted by atomic mass is 15.5. The van der Waals surface area contributed by atoms with Gasteiger partial charge in [0, 0.05) is 24.1 Å². The third kappa shape index (κ3) is 3.55. The number of pyridine rings is 1. The summed E-state index contributed by atoms with van der Waals surface area (Å²) < 4.78 is 2.38. The van der Waals surface area contributed by atoms with Gasteiger partial charge in [0.15, 0.2) is 11.5 Å². The summed E-state index contributed by atoms with van der Waals surface area (Å²) in [4.78, 5) is 10.0. The maximum Gasteiger partial charge on any atom is 0.180 e. The number of imidazole rings is 1. The summed E-state index contributed by atoms with van der Waals surface area (Å²) in [6.07, 6.45) is 5.60. The number of fused-ring (bicyclic) bond motifs is 2. The van der Waals surface area contributed by atoms with E-state index < -0.39 is 0 Å². The van der Waals surface area contributed by atoms with Crippen molar-refractivity contribution in [2.75, 3.05) is 0 Å². The van der Waals surface area contributed by atoms with E-state index >= 15 is 0 Å². The van der Waals surface area contributed by atoms with Crippen LogP contribution in [0.2, 0.25) is 0 Å². The molecule has 1 aliphatic carbocycles. The number of nitrogens with zero attached hydrogens (tertiary/aromatic N) is 6. The molecule has 0 spiro atoms. The lowest BCUT2D eigenvalue weighted by Crippen LogP contribution is -2.12. The molecular formula is C28H27N7. The van der Waals surface area contributed by atoms with Gasteiger partial charge in [0.05, 0.1) is 6.04 Å². The molecule has 6 rings (SSSR count). The average molecular weight is 462 g/mol. The standard InChI is InChI=1S/C28H27N7/c1-4-8-20-15-17(3)26-28(29-20)35(25(5-2)30-26)24-14-12-19-16-18(11-13-22(19)24)21-9-6-7-10-23(21)27-31-33-34-32-27/h4,6-7,9-11,13,15-16,24H,1,5,8,12,14H2,2-3H3,(H,31,32,33,34)/t24-/m0/s1. The smallest absolute Gasteiger partial charge is 0.180 e. The van der Waals surface area contributed by atoms with E-state index in [0.29, 0.717) is 5.82 Å². The van der Waals surface area contributed by atoms with Crippen LogP contribution in [0.15, 0.2) is 61.2 Å². The fourth-order valence-electron chi connectivity index (χ4n) is 5.40. The second kappa shape index (κ2) is 8.58. The Hall–Kier alpha value is -4.13. The van der Waals surface area contributed by atoms with Gasteiger partial charge in [-0.3, -0.25) is 0 Å². The minimum absolute atomic E-state index is 0.235. The third-order valence-corrected chi connectivity index (χ3v) is 6.97. The molecule has 7 heteroatoms. The summed E-state index contributed by atoms with van der Waals surface area (Å²) >= 11 is 0. The van der Waals surface area contributed by atoms with E-state index in [2.05, 4.69) is 82.0 Å². The van der Waals surface area contributed by atoms with Gasteiger partial charge in [-0.1, -0.05) is 55.5 Å². The van der Waals surface area contributed by atoms with Crippen molar-refractivity contribution in [1.29, 1.82) is 0 Å². The molecule has 0 saturated carbocycles. The number of tetrazole rings is 1. The maximum atomic E-state index is 5.02. The van der Waals surface area contributed by atoms with Crippen LogP contribution in [-0.4, -0.2) is 35.2 Å². The first-order valence-corrected chi connectivity index (χ1v) is 12.1. The number of nitrogens with one attached hydrogen (secondary N) is 1. The van der Waals surface area contributed by atoms with Gasteiger partial charge in [0.2, 0.25) is 0 Å². The fourth-order valence-corrected chi connectivity index (χ4v) is 5.40. The summed E-state index contributed by atoms with van der Waals surface area (Å²) in [6.45, 7) is 8.20. The SMILES string of the molecule is C=CCc1cc(C)c2nc(CC)n([C@H]3CCc4cc(-c5ccccc5-c5nnn[nH]5)ccc43)c2n1. The van der Waals surface area contributed by atoms with Gasteiger partial charge in [0.25, 0.3) is 0 Å². The molecule has 0 aliphatic heterocycles. The summed E-state index contributed by atoms with van der Waals surface area (Å²) in [5, 5.41) is 14.5. The number of hydrogen-bond donors (Lipinski definition) is 1. The molecule has 7 nitrogen and oxygen atoms in total. The summed E-state index contributed by atoms with van der Waals surface area (Å²) in [7, 11) is 0. The summed E-state index contributed by atoms with van der Waals surface area (Å²) in [5.74, 6) is 1.77. The molecule has 5 aromatic rings. The zero-order valence-electron chi connectivity index (χ0n) is 20.0. The molecule has 0 saturated heterocycles. The number of benzene rings is 2. The zero-order valence-corrected chi connectivity index (χ0v) is 20.0. The number of aromatic amines is 1. The second-order valence-electron chi connectivity index (χ2n) is 9.11. The van der Waals surface area contributed by atoms with Crippen LogP contribution in [0.1, 0.15) is 47.6 Å². The van der Waals surface area contributed by atoms with Crippen LogP contribution in [-0.2, 0) is 19.3 Å². The van der Waals surface area contributed by atoms with Gasteiger partial charge in [-0.15, -0.1) is 11.7 Å². The van der Waals surface area contributed by atoms with Crippen molar-refractivity contribution in [3.63, 3.8) is 0 Å². The normalized spacial score (nSPS) is 15.0. The first-order chi connectivity index (χ1) is 17.2. The lowest BCUT2D eigenvalue weighted by molar-refractivity contribution is 0.566. The molecule has 1 N–H and O–H groups in total. The number of rotatable bonds is 6. The molecular weight excluding hydrogens is 434 g/mol. The van der Waals surface area contributed by atoms with Gasteiger partial charge in [-0.2, -0.15) is 0 Å². The molecule has 0 unspecified atom stereocenters. The Balaban J connectivity index is 1.45. The van der Waals surface area contributed by atoms with Gasteiger partial charge in [-0.25, -0.2) is 15.1 Å². The lowest BCUT2D eigenvalue weighted by atomic mass is 9.96. The molecule has 2 aromatic carbocycles. The van der Waals surface area contributed by atoms with E-state index in [1.54, 1.807) is 0 Å². The number of H-pyrrole nitrogens is 1. The monoisotopic (exact) mass is 461 g/mol. The highest BCUT2D eigenvalue weighted by molar-refractivity contribution is 5.81. The van der Waals surface area contributed by atoms with E-state index in [0.717, 1.165) is 59.5 Å². The van der Waals surface area contributed by atoms with E-state index in [-0.39, 0.29) is 6.04 Å². The van der Waals surface area contributed by atoms with Gasteiger partial charge in [0.1, 0.15) is 11.3 Å². The van der Waals surface area contributed by atoms with E-state index in [4.69, 9.17) is 9.97 Å². The molecule has 3 heterocycles. The van der Waals surface area contributed by atoms with Crippen LogP contribution in [0.5, 0.6) is 0 Å². The zero-order chi connectivity index (χ0) is 23.9. The molecule has 1 atom stereocenters. The Morgan fingerprint density at radius 1 is 1.11 bits per heavy atom. The predicted octanol–water partition coefficient (Wildman–Crippen LogP) is 5.41. The Bertz CT molecular complexity index is 1550. The summed E-state index contributed by atoms with van der Waals surface area (Å²) in [5.41, 5.74) is 10.2. The molecule has 35 heavy (non-hydrogen) atoms. The maximum absolute atomic E-state index is 5.02. The van der Waals surface area contributed by atoms with Gasteiger partial charge < -0.3 is 4.57 Å². The van der Waals surface area contributed by atoms with Gasteiger partial charge in [-0.05, 0) is 64.1 Å². The quantitative estimate of drug-likeness (QED) is 0.342. The Kier molecular flexibility index (Phi) is 5.25. The van der Waals surface area contributed by atoms with Crippen LogP contribution in [0, 0.1) is 6.92 Å². The van der Waals surface area contributed by atoms with Crippen LogP contribution in [0.3, 0.4) is 0 Å². The fraction of sp³-hybridized carbons (Fsp3) is 0.250. The van der Waals surface area contributed by atoms with Crippen molar-refractivity contribution >= 4 is 11.2 Å². The molecule has 0 amide bonds. The van der Waals surface area contributed by atoms with Crippen molar-refractivity contribution in [3.8, 4) is 22.5 Å². The van der Waals surface area contributed by atoms with Crippen LogP contribution >= 0.6 is 0 Å². The van der Waals surface area contributed by atoms with E-state index in [1.165, 1.54) is 22.3 Å². The van der Waals surface area contributed by atoms with Crippen LogP contribution in [0.25, 0.3) is 33.7 Å². The molecule has 0 radical (unpaired) electrons. The van der Waals surface area contributed by atoms with E-state index in [9.17, 15) is 0 Å². The predicted molar refractivity (Wildman–Crippen MR) is 137 cm³/mol. The van der Waals surface area contributed by atoms with Gasteiger partial charge >= 0.3 is 0 Å². The second-order valence-corrected chi connectivity index (χ2v) is 9.11. The number of aryl methyl sites for hydroxylation is 3. The van der Waals surface area contributed by atoms with Crippen molar-refractivity contribution < 1.29 is 0 Å². The Morgan fingerprint density at radius 3 is 2.74 bits per heavy atom. The number of allylic oxidation sites excluding steroid dienone is 1. The minimum atomic E-state index is 0.235. The highest BCUT2D eigenvalue weighted by Gasteiger charge is 2.29. The Labute approximate surface area is 204 Å². The van der Waals surface area contributed by atoms with Crippen molar-refractivity contribution in [2.45, 2.75) is 45.6 Å². The first kappa shape index (κ1) is 21.4. The number of aromatic nitrogens is 7. The minimum Gasteiger partial charge on any atom is -0.305 e. The van der Waals surface area contributed by atoms with Crippen LogP contribution in [0.4, 0.5) is 0 Å². The number of hydrogen-bond acceptors (Lipinski definition) is 5. The molecule has 174 valence electrons. The first-order valence-electron chi connectivity index (χ1n) is 12.1. The Morgan fingerprint density at radius 2 is 1.97 bits per heavy atom.